The molecule has 2 aliphatic rings. The molecule has 6 heteroatoms. The van der Waals surface area contributed by atoms with Gasteiger partial charge in [0.25, 0.3) is 0 Å². The minimum Gasteiger partial charge on any atom is -0.331 e. The maximum Gasteiger partial charge on any atom is 0.319 e. The van der Waals surface area contributed by atoms with Crippen molar-refractivity contribution in [1.82, 2.24) is 24.9 Å². The van der Waals surface area contributed by atoms with Crippen LogP contribution in [-0.2, 0) is 19.6 Å². The summed E-state index contributed by atoms with van der Waals surface area (Å²) in [6.45, 7) is 3.03. The van der Waals surface area contributed by atoms with Gasteiger partial charge in [0.05, 0.1) is 24.5 Å². The molecule has 1 aromatic heterocycles. The first-order valence-corrected chi connectivity index (χ1v) is 8.38. The number of hydrogen-bond donors (Lipinski definition) is 1. The van der Waals surface area contributed by atoms with Crippen LogP contribution in [0.15, 0.2) is 6.07 Å². The number of urea groups is 1. The summed E-state index contributed by atoms with van der Waals surface area (Å²) >= 11 is 0. The average molecular weight is 305 g/mol. The second-order valence-electron chi connectivity index (χ2n) is 6.66. The van der Waals surface area contributed by atoms with Crippen LogP contribution in [0.5, 0.6) is 0 Å². The quantitative estimate of drug-likeness (QED) is 0.926. The van der Waals surface area contributed by atoms with Crippen molar-refractivity contribution in [3.8, 4) is 0 Å². The molecule has 1 aliphatic heterocycles. The largest absolute Gasteiger partial charge is 0.331 e. The topological polar surface area (TPSA) is 53.4 Å². The minimum absolute atomic E-state index is 0.0781. The normalized spacial score (nSPS) is 19.1. The maximum atomic E-state index is 12.1. The zero-order valence-corrected chi connectivity index (χ0v) is 13.7. The molecule has 2 amide bonds. The Kier molecular flexibility index (Phi) is 4.66. The second-order valence-corrected chi connectivity index (χ2v) is 6.66. The lowest BCUT2D eigenvalue weighted by atomic mass is 9.95. The highest BCUT2D eigenvalue weighted by atomic mass is 16.2. The number of amides is 2. The molecule has 3 rings (SSSR count). The van der Waals surface area contributed by atoms with E-state index in [1.807, 2.05) is 4.90 Å². The highest BCUT2D eigenvalue weighted by molar-refractivity contribution is 5.73. The summed E-state index contributed by atoms with van der Waals surface area (Å²) in [7, 11) is 3.60. The van der Waals surface area contributed by atoms with Gasteiger partial charge in [0, 0.05) is 33.2 Å². The predicted molar refractivity (Wildman–Crippen MR) is 85.4 cm³/mol. The third-order valence-corrected chi connectivity index (χ3v) is 4.68. The lowest BCUT2D eigenvalue weighted by Crippen LogP contribution is -2.43. The van der Waals surface area contributed by atoms with Crippen molar-refractivity contribution in [2.75, 3.05) is 20.6 Å². The molecular weight excluding hydrogens is 278 g/mol. The molecule has 0 radical (unpaired) electrons. The molecule has 1 saturated carbocycles. The van der Waals surface area contributed by atoms with Gasteiger partial charge in [-0.25, -0.2) is 4.79 Å². The fourth-order valence-corrected chi connectivity index (χ4v) is 3.41. The van der Waals surface area contributed by atoms with Gasteiger partial charge in [0.2, 0.25) is 0 Å². The van der Waals surface area contributed by atoms with E-state index in [0.29, 0.717) is 12.6 Å². The molecule has 1 N–H and O–H groups in total. The molecule has 22 heavy (non-hydrogen) atoms. The van der Waals surface area contributed by atoms with Crippen LogP contribution >= 0.6 is 0 Å². The molecule has 0 spiro atoms. The van der Waals surface area contributed by atoms with Crippen molar-refractivity contribution in [2.45, 2.75) is 57.8 Å². The average Bonchev–Trinajstić information content (AvgIpc) is 2.95. The van der Waals surface area contributed by atoms with E-state index in [1.54, 1.807) is 19.0 Å². The van der Waals surface area contributed by atoms with E-state index >= 15 is 0 Å². The number of hydrogen-bond acceptors (Lipinski definition) is 3. The van der Waals surface area contributed by atoms with Crippen molar-refractivity contribution in [2.24, 2.45) is 0 Å². The van der Waals surface area contributed by atoms with E-state index in [9.17, 15) is 4.79 Å². The van der Waals surface area contributed by atoms with E-state index in [4.69, 9.17) is 0 Å². The molecule has 122 valence electrons. The third kappa shape index (κ3) is 3.43. The fourth-order valence-electron chi connectivity index (χ4n) is 3.41. The van der Waals surface area contributed by atoms with Crippen LogP contribution in [0.2, 0.25) is 0 Å². The van der Waals surface area contributed by atoms with Crippen LogP contribution in [0.25, 0.3) is 0 Å². The first-order chi connectivity index (χ1) is 10.6. The van der Waals surface area contributed by atoms with Gasteiger partial charge in [-0.15, -0.1) is 0 Å². The molecule has 1 fully saturated rings. The van der Waals surface area contributed by atoms with E-state index in [1.165, 1.54) is 32.1 Å². The van der Waals surface area contributed by atoms with Gasteiger partial charge in [-0.2, -0.15) is 5.10 Å². The summed E-state index contributed by atoms with van der Waals surface area (Å²) < 4.78 is 2.05. The summed E-state index contributed by atoms with van der Waals surface area (Å²) in [5.74, 6) is 0. The van der Waals surface area contributed by atoms with Crippen LogP contribution in [-0.4, -0.2) is 52.3 Å². The molecule has 1 aliphatic carbocycles. The Balaban J connectivity index is 1.57. The SMILES string of the molecule is CN(C)C(=O)N1CCn2nc(CNC3CCCCC3)cc2C1. The van der Waals surface area contributed by atoms with Crippen LogP contribution in [0.1, 0.15) is 43.5 Å². The Morgan fingerprint density at radius 3 is 2.82 bits per heavy atom. The summed E-state index contributed by atoms with van der Waals surface area (Å²) in [6, 6.07) is 2.87. The number of aromatic nitrogens is 2. The smallest absolute Gasteiger partial charge is 0.319 e. The number of rotatable bonds is 3. The van der Waals surface area contributed by atoms with Gasteiger partial charge in [-0.1, -0.05) is 19.3 Å². The van der Waals surface area contributed by atoms with E-state index in [-0.39, 0.29) is 6.03 Å². The lowest BCUT2D eigenvalue weighted by molar-refractivity contribution is 0.155. The number of fused-ring (bicyclic) bond motifs is 1. The molecule has 0 atom stereocenters. The van der Waals surface area contributed by atoms with Gasteiger partial charge >= 0.3 is 6.03 Å². The Hall–Kier alpha value is -1.56. The fraction of sp³-hybridized carbons (Fsp3) is 0.750. The predicted octanol–water partition coefficient (Wildman–Crippen LogP) is 1.80. The van der Waals surface area contributed by atoms with Gasteiger partial charge in [-0.05, 0) is 18.9 Å². The molecule has 0 unspecified atom stereocenters. The van der Waals surface area contributed by atoms with Crippen molar-refractivity contribution in [3.63, 3.8) is 0 Å². The van der Waals surface area contributed by atoms with Crippen LogP contribution in [0.3, 0.4) is 0 Å². The summed E-state index contributed by atoms with van der Waals surface area (Å²) in [6.07, 6.45) is 6.65. The molecule has 0 saturated heterocycles. The Morgan fingerprint density at radius 1 is 1.32 bits per heavy atom. The Labute approximate surface area is 132 Å². The van der Waals surface area contributed by atoms with Crippen LogP contribution < -0.4 is 5.32 Å². The first kappa shape index (κ1) is 15.3. The summed E-state index contributed by atoms with van der Waals surface area (Å²) in [5, 5.41) is 8.31. The molecule has 6 nitrogen and oxygen atoms in total. The molecule has 0 bridgehead atoms. The highest BCUT2D eigenvalue weighted by Gasteiger charge is 2.23. The van der Waals surface area contributed by atoms with Gasteiger partial charge in [0.1, 0.15) is 0 Å². The molecule has 1 aromatic rings. The number of nitrogens with zero attached hydrogens (tertiary/aromatic N) is 4. The Morgan fingerprint density at radius 2 is 2.09 bits per heavy atom. The Bertz CT molecular complexity index is 519. The lowest BCUT2D eigenvalue weighted by Gasteiger charge is -2.29. The van der Waals surface area contributed by atoms with Crippen molar-refractivity contribution < 1.29 is 4.79 Å². The zero-order valence-electron chi connectivity index (χ0n) is 13.7. The number of carbonyl (C=O) groups is 1. The maximum absolute atomic E-state index is 12.1. The van der Waals surface area contributed by atoms with Gasteiger partial charge in [0.15, 0.2) is 0 Å². The van der Waals surface area contributed by atoms with E-state index < -0.39 is 0 Å². The van der Waals surface area contributed by atoms with Crippen molar-refractivity contribution in [3.05, 3.63) is 17.5 Å². The molecule has 2 heterocycles. The van der Waals surface area contributed by atoms with Crippen LogP contribution in [0, 0.1) is 0 Å². The van der Waals surface area contributed by atoms with Crippen LogP contribution in [0.4, 0.5) is 4.79 Å². The molecular formula is C16H27N5O. The van der Waals surface area contributed by atoms with Crippen molar-refractivity contribution in [1.29, 1.82) is 0 Å². The highest BCUT2D eigenvalue weighted by Crippen LogP contribution is 2.19. The van der Waals surface area contributed by atoms with E-state index in [2.05, 4.69) is 21.2 Å². The number of nitrogens with one attached hydrogen (secondary N) is 1. The monoisotopic (exact) mass is 305 g/mol. The second kappa shape index (κ2) is 6.69. The minimum atomic E-state index is 0.0781. The number of carbonyl (C=O) groups excluding carboxylic acids is 1. The first-order valence-electron chi connectivity index (χ1n) is 8.38. The summed E-state index contributed by atoms with van der Waals surface area (Å²) in [4.78, 5) is 15.6. The van der Waals surface area contributed by atoms with Gasteiger partial charge in [-0.3, -0.25) is 4.68 Å². The van der Waals surface area contributed by atoms with E-state index in [0.717, 1.165) is 31.0 Å². The van der Waals surface area contributed by atoms with Crippen molar-refractivity contribution >= 4 is 6.03 Å². The third-order valence-electron chi connectivity index (χ3n) is 4.68. The molecule has 0 aromatic carbocycles. The zero-order chi connectivity index (χ0) is 15.5. The standard InChI is InChI=1S/C16H27N5O/c1-19(2)16(22)20-8-9-21-15(12-20)10-14(18-21)11-17-13-6-4-3-5-7-13/h10,13,17H,3-9,11-12H2,1-2H3. The summed E-state index contributed by atoms with van der Waals surface area (Å²) in [5.41, 5.74) is 2.24. The van der Waals surface area contributed by atoms with Gasteiger partial charge < -0.3 is 15.1 Å².